The third kappa shape index (κ3) is 5.15. The summed E-state index contributed by atoms with van der Waals surface area (Å²) < 4.78 is 12.3. The minimum atomic E-state index is -0.490. The van der Waals surface area contributed by atoms with Crippen LogP contribution in [0.4, 0.5) is 0 Å². The number of carbonyl (C=O) groups excluding carboxylic acids is 2. The van der Waals surface area contributed by atoms with Gasteiger partial charge in [0.2, 0.25) is 0 Å². The quantitative estimate of drug-likeness (QED) is 0.193. The average Bonchev–Trinajstić information content (AvgIpc) is 3.23. The van der Waals surface area contributed by atoms with Crippen molar-refractivity contribution >= 4 is 50.0 Å². The third-order valence-corrected chi connectivity index (χ3v) is 5.89. The summed E-state index contributed by atoms with van der Waals surface area (Å²) in [6.45, 7) is 2.97. The molecule has 1 amide bonds. The number of esters is 1. The lowest BCUT2D eigenvalue weighted by atomic mass is 10.1. The maximum Gasteiger partial charge on any atom is 0.343 e. The Bertz CT molecular complexity index is 1240. The third-order valence-electron chi connectivity index (χ3n) is 4.84. The molecular weight excluding hydrogens is 540 g/mol. The Balaban J connectivity index is 1.52. The predicted octanol–water partition coefficient (Wildman–Crippen LogP) is 5.53. The van der Waals surface area contributed by atoms with Gasteiger partial charge in [-0.2, -0.15) is 5.10 Å². The van der Waals surface area contributed by atoms with Crippen LogP contribution in [0.1, 0.15) is 43.0 Å². The molecule has 0 fully saturated rings. The number of benzene rings is 3. The Morgan fingerprint density at radius 1 is 1.03 bits per heavy atom. The number of carbonyl (C=O) groups is 2. The van der Waals surface area contributed by atoms with Crippen molar-refractivity contribution in [2.75, 3.05) is 0 Å². The molecule has 0 spiro atoms. The lowest BCUT2D eigenvalue weighted by Crippen LogP contribution is -2.18. The second-order valence-electron chi connectivity index (χ2n) is 7.24. The molecule has 0 unspecified atom stereocenters. The Labute approximate surface area is 201 Å². The van der Waals surface area contributed by atoms with Crippen LogP contribution >= 0.6 is 31.9 Å². The van der Waals surface area contributed by atoms with Gasteiger partial charge in [0, 0.05) is 15.6 Å². The van der Waals surface area contributed by atoms with Crippen molar-refractivity contribution in [1.29, 1.82) is 0 Å². The predicted molar refractivity (Wildman–Crippen MR) is 128 cm³/mol. The molecule has 8 heteroatoms. The highest BCUT2D eigenvalue weighted by atomic mass is 79.9. The lowest BCUT2D eigenvalue weighted by molar-refractivity contribution is 0.0732. The number of ether oxygens (including phenoxy) is 2. The maximum absolute atomic E-state index is 12.6. The van der Waals surface area contributed by atoms with Gasteiger partial charge in [-0.05, 0) is 70.4 Å². The van der Waals surface area contributed by atoms with Crippen LogP contribution < -0.4 is 10.2 Å². The van der Waals surface area contributed by atoms with Gasteiger partial charge in [0.05, 0.1) is 29.5 Å². The molecule has 1 aliphatic rings. The highest BCUT2D eigenvalue weighted by molar-refractivity contribution is 9.11. The van der Waals surface area contributed by atoms with E-state index in [4.69, 9.17) is 9.47 Å². The Hall–Kier alpha value is -2.81. The molecule has 1 N–H and O–H groups in total. The van der Waals surface area contributed by atoms with Crippen LogP contribution in [-0.4, -0.2) is 18.1 Å². The van der Waals surface area contributed by atoms with Crippen LogP contribution in [0, 0.1) is 6.92 Å². The van der Waals surface area contributed by atoms with Crippen molar-refractivity contribution in [1.82, 2.24) is 5.43 Å². The van der Waals surface area contributed by atoms with Crippen molar-refractivity contribution in [3.05, 3.63) is 96.9 Å². The summed E-state index contributed by atoms with van der Waals surface area (Å²) in [4.78, 5) is 25.1. The standard InChI is InChI=1S/C24H18Br2N2O4/c1-14-3-2-4-16(7-14)24(30)32-22-18(9-20(25)10-21(22)26)11-27-28-23(29)15-5-6-17-12-31-13-19(17)8-15/h2-11H,12-13H2,1H3,(H,28,29). The van der Waals surface area contributed by atoms with Gasteiger partial charge >= 0.3 is 5.97 Å². The van der Waals surface area contributed by atoms with Gasteiger partial charge in [-0.1, -0.05) is 39.7 Å². The summed E-state index contributed by atoms with van der Waals surface area (Å²) in [7, 11) is 0. The van der Waals surface area contributed by atoms with Crippen LogP contribution in [0.2, 0.25) is 0 Å². The van der Waals surface area contributed by atoms with Crippen LogP contribution in [0.5, 0.6) is 5.75 Å². The molecule has 1 aliphatic heterocycles. The zero-order chi connectivity index (χ0) is 22.7. The Morgan fingerprint density at radius 2 is 1.84 bits per heavy atom. The van der Waals surface area contributed by atoms with Gasteiger partial charge in [0.1, 0.15) is 0 Å². The zero-order valence-electron chi connectivity index (χ0n) is 17.0. The van der Waals surface area contributed by atoms with E-state index in [1.807, 2.05) is 19.1 Å². The number of aryl methyl sites for hydroxylation is 1. The van der Waals surface area contributed by atoms with Crippen LogP contribution in [0.25, 0.3) is 0 Å². The Kier molecular flexibility index (Phi) is 6.83. The normalized spacial score (nSPS) is 12.6. The largest absolute Gasteiger partial charge is 0.421 e. The average molecular weight is 558 g/mol. The minimum absolute atomic E-state index is 0.299. The fraction of sp³-hybridized carbons (Fsp3) is 0.125. The van der Waals surface area contributed by atoms with E-state index in [1.165, 1.54) is 6.21 Å². The van der Waals surface area contributed by atoms with Gasteiger partial charge in [-0.25, -0.2) is 10.2 Å². The van der Waals surface area contributed by atoms with E-state index in [0.29, 0.717) is 40.1 Å². The smallest absolute Gasteiger partial charge is 0.343 e. The number of fused-ring (bicyclic) bond motifs is 1. The number of nitrogens with one attached hydrogen (secondary N) is 1. The van der Waals surface area contributed by atoms with E-state index in [9.17, 15) is 9.59 Å². The molecule has 1 heterocycles. The van der Waals surface area contributed by atoms with Crippen LogP contribution in [0.15, 0.2) is 68.6 Å². The summed E-state index contributed by atoms with van der Waals surface area (Å²) in [5.41, 5.74) is 7.01. The molecule has 0 saturated heterocycles. The number of hydrazone groups is 1. The fourth-order valence-electron chi connectivity index (χ4n) is 3.25. The molecule has 162 valence electrons. The summed E-state index contributed by atoms with van der Waals surface area (Å²) in [6.07, 6.45) is 1.43. The molecule has 3 aromatic rings. The fourth-order valence-corrected chi connectivity index (χ4v) is 4.58. The number of nitrogens with zero attached hydrogens (tertiary/aromatic N) is 1. The number of amides is 1. The first-order valence-electron chi connectivity index (χ1n) is 9.71. The van der Waals surface area contributed by atoms with E-state index in [-0.39, 0.29) is 5.91 Å². The van der Waals surface area contributed by atoms with E-state index >= 15 is 0 Å². The molecule has 32 heavy (non-hydrogen) atoms. The molecule has 4 rings (SSSR count). The number of hydrogen-bond donors (Lipinski definition) is 1. The molecule has 0 aromatic heterocycles. The van der Waals surface area contributed by atoms with E-state index in [1.54, 1.807) is 42.5 Å². The van der Waals surface area contributed by atoms with Crippen molar-refractivity contribution in [3.8, 4) is 5.75 Å². The van der Waals surface area contributed by atoms with Crippen molar-refractivity contribution in [2.45, 2.75) is 20.1 Å². The zero-order valence-corrected chi connectivity index (χ0v) is 20.2. The van der Waals surface area contributed by atoms with Crippen molar-refractivity contribution in [3.63, 3.8) is 0 Å². The number of rotatable bonds is 5. The van der Waals surface area contributed by atoms with Crippen LogP contribution in [-0.2, 0) is 18.0 Å². The number of hydrogen-bond acceptors (Lipinski definition) is 5. The molecule has 0 radical (unpaired) electrons. The molecule has 0 bridgehead atoms. The summed E-state index contributed by atoms with van der Waals surface area (Å²) >= 11 is 6.85. The lowest BCUT2D eigenvalue weighted by Gasteiger charge is -2.11. The van der Waals surface area contributed by atoms with Gasteiger partial charge in [0.25, 0.3) is 5.91 Å². The summed E-state index contributed by atoms with van der Waals surface area (Å²) in [5.74, 6) is -0.536. The Morgan fingerprint density at radius 3 is 2.66 bits per heavy atom. The van der Waals surface area contributed by atoms with Crippen molar-refractivity contribution < 1.29 is 19.1 Å². The van der Waals surface area contributed by atoms with E-state index in [0.717, 1.165) is 21.2 Å². The second kappa shape index (κ2) is 9.77. The first-order valence-corrected chi connectivity index (χ1v) is 11.3. The highest BCUT2D eigenvalue weighted by Gasteiger charge is 2.16. The minimum Gasteiger partial charge on any atom is -0.421 e. The molecule has 6 nitrogen and oxygen atoms in total. The highest BCUT2D eigenvalue weighted by Crippen LogP contribution is 2.32. The van der Waals surface area contributed by atoms with Gasteiger partial charge < -0.3 is 9.47 Å². The SMILES string of the molecule is Cc1cccc(C(=O)Oc2c(Br)cc(Br)cc2C=NNC(=O)c2ccc3c(c2)COC3)c1. The first kappa shape index (κ1) is 22.4. The topological polar surface area (TPSA) is 77.0 Å². The van der Waals surface area contributed by atoms with Gasteiger partial charge in [0.15, 0.2) is 5.75 Å². The summed E-state index contributed by atoms with van der Waals surface area (Å²) in [5, 5.41) is 4.06. The van der Waals surface area contributed by atoms with E-state index < -0.39 is 5.97 Å². The maximum atomic E-state index is 12.6. The molecule has 0 aliphatic carbocycles. The monoisotopic (exact) mass is 556 g/mol. The van der Waals surface area contributed by atoms with E-state index in [2.05, 4.69) is 42.4 Å². The molecule has 0 saturated carbocycles. The van der Waals surface area contributed by atoms with Gasteiger partial charge in [-0.15, -0.1) is 0 Å². The number of halogens is 2. The summed E-state index contributed by atoms with van der Waals surface area (Å²) in [6, 6.07) is 16.1. The van der Waals surface area contributed by atoms with Gasteiger partial charge in [-0.3, -0.25) is 4.79 Å². The molecular formula is C24H18Br2N2O4. The molecule has 0 atom stereocenters. The second-order valence-corrected chi connectivity index (χ2v) is 9.01. The van der Waals surface area contributed by atoms with Crippen molar-refractivity contribution in [2.24, 2.45) is 5.10 Å². The van der Waals surface area contributed by atoms with Crippen LogP contribution in [0.3, 0.4) is 0 Å². The molecule has 3 aromatic carbocycles. The first-order chi connectivity index (χ1) is 15.4.